The number of rotatable bonds is 2. The fourth-order valence-electron chi connectivity index (χ4n) is 1.99. The van der Waals surface area contributed by atoms with Gasteiger partial charge in [0.05, 0.1) is 6.20 Å². The molecule has 0 radical (unpaired) electrons. The van der Waals surface area contributed by atoms with Crippen molar-refractivity contribution in [1.82, 2.24) is 15.0 Å². The van der Waals surface area contributed by atoms with E-state index in [-0.39, 0.29) is 0 Å². The quantitative estimate of drug-likeness (QED) is 0.721. The van der Waals surface area contributed by atoms with Crippen molar-refractivity contribution >= 4 is 5.82 Å². The molecule has 1 aromatic rings. The molecule has 0 aliphatic heterocycles. The van der Waals surface area contributed by atoms with E-state index in [2.05, 4.69) is 15.6 Å². The first-order valence-electron chi connectivity index (χ1n) is 5.12. The Labute approximate surface area is 83.7 Å². The zero-order valence-corrected chi connectivity index (χ0v) is 8.48. The molecule has 78 valence electrons. The van der Waals surface area contributed by atoms with Crippen LogP contribution >= 0.6 is 0 Å². The average Bonchev–Trinajstić information content (AvgIpc) is 2.52. The van der Waals surface area contributed by atoms with Crippen LogP contribution in [0.5, 0.6) is 0 Å². The summed E-state index contributed by atoms with van der Waals surface area (Å²) in [4.78, 5) is 0. The van der Waals surface area contributed by atoms with Crippen molar-refractivity contribution in [2.45, 2.75) is 37.8 Å². The molecule has 3 N–H and O–H groups in total. The number of anilines is 1. The zero-order chi connectivity index (χ0) is 9.97. The van der Waals surface area contributed by atoms with E-state index in [0.29, 0.717) is 12.1 Å². The Balaban J connectivity index is 1.94. The minimum atomic E-state index is 0.349. The van der Waals surface area contributed by atoms with Crippen LogP contribution in [0.2, 0.25) is 0 Å². The van der Waals surface area contributed by atoms with Crippen LogP contribution in [-0.4, -0.2) is 27.1 Å². The van der Waals surface area contributed by atoms with Gasteiger partial charge in [0.25, 0.3) is 0 Å². The SMILES string of the molecule is Cn1nncc1NC1CCCC(N)C1. The Morgan fingerprint density at radius 2 is 2.43 bits per heavy atom. The maximum Gasteiger partial charge on any atom is 0.144 e. The molecule has 0 amide bonds. The topological polar surface area (TPSA) is 68.8 Å². The minimum absolute atomic E-state index is 0.349. The normalized spacial score (nSPS) is 27.6. The summed E-state index contributed by atoms with van der Waals surface area (Å²) in [6, 6.07) is 0.832. The minimum Gasteiger partial charge on any atom is -0.366 e. The number of aromatic nitrogens is 3. The van der Waals surface area contributed by atoms with Crippen LogP contribution in [0.25, 0.3) is 0 Å². The van der Waals surface area contributed by atoms with Gasteiger partial charge in [-0.15, -0.1) is 5.10 Å². The molecule has 1 aliphatic rings. The first-order valence-corrected chi connectivity index (χ1v) is 5.12. The first kappa shape index (κ1) is 9.45. The average molecular weight is 195 g/mol. The second kappa shape index (κ2) is 3.96. The lowest BCUT2D eigenvalue weighted by Crippen LogP contribution is -2.35. The number of hydrogen-bond acceptors (Lipinski definition) is 4. The molecule has 1 aromatic heterocycles. The van der Waals surface area contributed by atoms with E-state index in [4.69, 9.17) is 5.73 Å². The molecule has 1 aliphatic carbocycles. The van der Waals surface area contributed by atoms with Gasteiger partial charge in [0.15, 0.2) is 0 Å². The zero-order valence-electron chi connectivity index (χ0n) is 8.48. The van der Waals surface area contributed by atoms with Crippen molar-refractivity contribution in [1.29, 1.82) is 0 Å². The molecule has 5 heteroatoms. The molecule has 0 aromatic carbocycles. The molecule has 0 spiro atoms. The van der Waals surface area contributed by atoms with Crippen LogP contribution in [-0.2, 0) is 7.05 Å². The van der Waals surface area contributed by atoms with Crippen LogP contribution in [0.4, 0.5) is 5.82 Å². The third-order valence-corrected chi connectivity index (χ3v) is 2.78. The Morgan fingerprint density at radius 1 is 1.57 bits per heavy atom. The lowest BCUT2D eigenvalue weighted by molar-refractivity contribution is 0.408. The molecular formula is C9H17N5. The summed E-state index contributed by atoms with van der Waals surface area (Å²) in [7, 11) is 1.89. The van der Waals surface area contributed by atoms with E-state index in [1.165, 1.54) is 12.8 Å². The van der Waals surface area contributed by atoms with Crippen molar-refractivity contribution < 1.29 is 0 Å². The standard InChI is InChI=1S/C9H17N5/c1-14-9(6-11-13-14)12-8-4-2-3-7(10)5-8/h6-8,12H,2-5,10H2,1H3. The van der Waals surface area contributed by atoms with Crippen molar-refractivity contribution in [3.63, 3.8) is 0 Å². The fourth-order valence-corrected chi connectivity index (χ4v) is 1.99. The third-order valence-electron chi connectivity index (χ3n) is 2.78. The molecule has 14 heavy (non-hydrogen) atoms. The predicted octanol–water partition coefficient (Wildman–Crippen LogP) is 0.497. The smallest absolute Gasteiger partial charge is 0.144 e. The van der Waals surface area contributed by atoms with Crippen molar-refractivity contribution in [3.8, 4) is 0 Å². The largest absolute Gasteiger partial charge is 0.366 e. The van der Waals surface area contributed by atoms with Gasteiger partial charge in [-0.1, -0.05) is 5.21 Å². The summed E-state index contributed by atoms with van der Waals surface area (Å²) >= 11 is 0. The Hall–Kier alpha value is -1.10. The Bertz CT molecular complexity index is 295. The van der Waals surface area contributed by atoms with Gasteiger partial charge in [0.1, 0.15) is 5.82 Å². The summed E-state index contributed by atoms with van der Waals surface area (Å²) in [6.45, 7) is 0. The number of hydrogen-bond donors (Lipinski definition) is 2. The highest BCUT2D eigenvalue weighted by atomic mass is 15.4. The molecule has 2 atom stereocenters. The molecule has 1 fully saturated rings. The predicted molar refractivity (Wildman–Crippen MR) is 54.9 cm³/mol. The number of nitrogens with two attached hydrogens (primary N) is 1. The van der Waals surface area contributed by atoms with Gasteiger partial charge in [-0.05, 0) is 25.7 Å². The van der Waals surface area contributed by atoms with Gasteiger partial charge in [-0.2, -0.15) is 0 Å². The molecule has 0 saturated heterocycles. The molecular weight excluding hydrogens is 178 g/mol. The van der Waals surface area contributed by atoms with E-state index in [1.807, 2.05) is 7.05 Å². The highest BCUT2D eigenvalue weighted by Gasteiger charge is 2.19. The van der Waals surface area contributed by atoms with Crippen LogP contribution in [0, 0.1) is 0 Å². The van der Waals surface area contributed by atoms with Crippen LogP contribution < -0.4 is 11.1 Å². The van der Waals surface area contributed by atoms with Crippen LogP contribution in [0.3, 0.4) is 0 Å². The summed E-state index contributed by atoms with van der Waals surface area (Å²) in [6.07, 6.45) is 6.36. The fraction of sp³-hybridized carbons (Fsp3) is 0.778. The Kier molecular flexibility index (Phi) is 2.67. The second-order valence-corrected chi connectivity index (χ2v) is 4.01. The van der Waals surface area contributed by atoms with Crippen molar-refractivity contribution in [3.05, 3.63) is 6.20 Å². The van der Waals surface area contributed by atoms with Gasteiger partial charge in [-0.3, -0.25) is 0 Å². The highest BCUT2D eigenvalue weighted by molar-refractivity contribution is 5.32. The molecule has 2 unspecified atom stereocenters. The second-order valence-electron chi connectivity index (χ2n) is 4.01. The van der Waals surface area contributed by atoms with E-state index < -0.39 is 0 Å². The van der Waals surface area contributed by atoms with Gasteiger partial charge >= 0.3 is 0 Å². The maximum absolute atomic E-state index is 5.91. The third kappa shape index (κ3) is 2.04. The van der Waals surface area contributed by atoms with E-state index in [0.717, 1.165) is 18.7 Å². The lowest BCUT2D eigenvalue weighted by atomic mass is 9.92. The lowest BCUT2D eigenvalue weighted by Gasteiger charge is -2.27. The molecule has 0 bridgehead atoms. The molecule has 1 saturated carbocycles. The van der Waals surface area contributed by atoms with E-state index in [9.17, 15) is 0 Å². The number of nitrogens with zero attached hydrogens (tertiary/aromatic N) is 3. The molecule has 2 rings (SSSR count). The highest BCUT2D eigenvalue weighted by Crippen LogP contribution is 2.20. The summed E-state index contributed by atoms with van der Waals surface area (Å²) < 4.78 is 1.75. The maximum atomic E-state index is 5.91. The van der Waals surface area contributed by atoms with Gasteiger partial charge < -0.3 is 11.1 Å². The van der Waals surface area contributed by atoms with Gasteiger partial charge in [-0.25, -0.2) is 4.68 Å². The van der Waals surface area contributed by atoms with E-state index in [1.54, 1.807) is 10.9 Å². The van der Waals surface area contributed by atoms with Crippen LogP contribution in [0.15, 0.2) is 6.20 Å². The Morgan fingerprint density at radius 3 is 3.07 bits per heavy atom. The van der Waals surface area contributed by atoms with E-state index >= 15 is 0 Å². The van der Waals surface area contributed by atoms with Crippen molar-refractivity contribution in [2.24, 2.45) is 12.8 Å². The summed E-state index contributed by atoms with van der Waals surface area (Å²) in [5.41, 5.74) is 5.91. The van der Waals surface area contributed by atoms with Gasteiger partial charge in [0, 0.05) is 19.1 Å². The monoisotopic (exact) mass is 195 g/mol. The number of nitrogens with one attached hydrogen (secondary N) is 1. The summed E-state index contributed by atoms with van der Waals surface area (Å²) in [5.74, 6) is 0.976. The first-order chi connectivity index (χ1) is 6.75. The van der Waals surface area contributed by atoms with Crippen molar-refractivity contribution in [2.75, 3.05) is 5.32 Å². The summed E-state index contributed by atoms with van der Waals surface area (Å²) in [5, 5.41) is 11.1. The van der Waals surface area contributed by atoms with Gasteiger partial charge in [0.2, 0.25) is 0 Å². The molecule has 1 heterocycles. The molecule has 5 nitrogen and oxygen atoms in total. The number of aryl methyl sites for hydroxylation is 1. The van der Waals surface area contributed by atoms with Crippen LogP contribution in [0.1, 0.15) is 25.7 Å².